The van der Waals surface area contributed by atoms with Crippen LogP contribution in [0.15, 0.2) is 93.9 Å². The van der Waals surface area contributed by atoms with Crippen molar-refractivity contribution >= 4 is 11.4 Å². The Morgan fingerprint density at radius 2 is 1.61 bits per heavy atom. The normalized spacial score (nSPS) is 15.5. The molecule has 0 fully saturated rings. The number of allylic oxidation sites excluding steroid dienone is 2. The van der Waals surface area contributed by atoms with E-state index in [0.29, 0.717) is 18.1 Å². The van der Waals surface area contributed by atoms with Gasteiger partial charge in [0, 0.05) is 36.8 Å². The minimum absolute atomic E-state index is 0.0776. The molecule has 0 unspecified atom stereocenters. The third-order valence-corrected chi connectivity index (χ3v) is 6.16. The first-order valence-electron chi connectivity index (χ1n) is 11.9. The molecule has 2 aliphatic rings. The molecule has 0 radical (unpaired) electrons. The van der Waals surface area contributed by atoms with E-state index in [1.807, 2.05) is 42.6 Å². The molecule has 9 nitrogen and oxygen atoms in total. The summed E-state index contributed by atoms with van der Waals surface area (Å²) < 4.78 is 2.12. The van der Waals surface area contributed by atoms with Gasteiger partial charge in [0.05, 0.1) is 12.3 Å². The average Bonchev–Trinajstić information content (AvgIpc) is 3.58. The highest BCUT2D eigenvalue weighted by Gasteiger charge is 2.10. The van der Waals surface area contributed by atoms with Crippen molar-refractivity contribution < 1.29 is 10.3 Å². The van der Waals surface area contributed by atoms with Gasteiger partial charge >= 0.3 is 0 Å². The van der Waals surface area contributed by atoms with E-state index < -0.39 is 0 Å². The van der Waals surface area contributed by atoms with E-state index in [-0.39, 0.29) is 6.61 Å². The number of imidazole rings is 1. The first-order chi connectivity index (χ1) is 17.7. The molecule has 2 aromatic carbocycles. The van der Waals surface area contributed by atoms with Gasteiger partial charge in [-0.25, -0.2) is 10.0 Å². The van der Waals surface area contributed by atoms with Crippen LogP contribution in [0.5, 0.6) is 0 Å². The minimum Gasteiger partial charge on any atom is -0.390 e. The van der Waals surface area contributed by atoms with Gasteiger partial charge in [0.25, 0.3) is 0 Å². The molecule has 2 aliphatic heterocycles. The van der Waals surface area contributed by atoms with Crippen molar-refractivity contribution in [3.8, 4) is 0 Å². The van der Waals surface area contributed by atoms with Gasteiger partial charge in [-0.15, -0.1) is 10.2 Å². The summed E-state index contributed by atoms with van der Waals surface area (Å²) in [5, 5.41) is 39.7. The molecule has 9 heteroatoms. The summed E-state index contributed by atoms with van der Waals surface area (Å²) >= 11 is 0. The number of aryl methyl sites for hydroxylation is 1. The van der Waals surface area contributed by atoms with Crippen LogP contribution < -0.4 is 10.4 Å². The first kappa shape index (κ1) is 23.5. The van der Waals surface area contributed by atoms with E-state index in [9.17, 15) is 10.3 Å². The topological polar surface area (TPSA) is 111 Å². The van der Waals surface area contributed by atoms with E-state index in [1.165, 1.54) is 0 Å². The Morgan fingerprint density at radius 3 is 2.33 bits per heavy atom. The van der Waals surface area contributed by atoms with Gasteiger partial charge in [-0.3, -0.25) is 5.21 Å². The van der Waals surface area contributed by atoms with Crippen molar-refractivity contribution in [1.29, 1.82) is 0 Å². The number of hydroxylamine groups is 2. The lowest BCUT2D eigenvalue weighted by molar-refractivity contribution is 0.0109. The van der Waals surface area contributed by atoms with Crippen molar-refractivity contribution in [1.82, 2.24) is 14.6 Å². The molecule has 3 aromatic rings. The minimum atomic E-state index is -0.0776. The molecule has 0 saturated heterocycles. The Hall–Kier alpha value is -4.21. The quantitative estimate of drug-likeness (QED) is 0.557. The Morgan fingerprint density at radius 1 is 0.889 bits per heavy atom. The van der Waals surface area contributed by atoms with E-state index in [0.717, 1.165) is 62.2 Å². The van der Waals surface area contributed by atoms with Crippen molar-refractivity contribution in [2.24, 2.45) is 20.7 Å². The van der Waals surface area contributed by atoms with Gasteiger partial charge in [-0.2, -0.15) is 0 Å². The summed E-state index contributed by atoms with van der Waals surface area (Å²) in [6.07, 6.45) is 11.9. The lowest BCUT2D eigenvalue weighted by atomic mass is 10.0. The van der Waals surface area contributed by atoms with Gasteiger partial charge in [0.2, 0.25) is 5.82 Å². The van der Waals surface area contributed by atoms with Crippen LogP contribution in [0.4, 0.5) is 0 Å². The molecule has 5 rings (SSSR count). The van der Waals surface area contributed by atoms with Crippen LogP contribution in [0.2, 0.25) is 0 Å². The van der Waals surface area contributed by atoms with E-state index in [1.54, 1.807) is 12.4 Å². The van der Waals surface area contributed by atoms with Crippen LogP contribution in [0.3, 0.4) is 0 Å². The summed E-state index contributed by atoms with van der Waals surface area (Å²) in [6.45, 7) is 2.71. The zero-order valence-corrected chi connectivity index (χ0v) is 20.0. The molecule has 1 aromatic heterocycles. The third-order valence-electron chi connectivity index (χ3n) is 6.16. The number of aromatic nitrogens is 2. The van der Waals surface area contributed by atoms with Gasteiger partial charge < -0.3 is 9.67 Å². The first-order valence-corrected chi connectivity index (χ1v) is 11.9. The second-order valence-electron chi connectivity index (χ2n) is 8.63. The van der Waals surface area contributed by atoms with Crippen molar-refractivity contribution in [2.75, 3.05) is 0 Å². The molecular weight excluding hydrogens is 454 g/mol. The molecule has 0 spiro atoms. The number of unbranched alkanes of at least 4 members (excludes halogenated alkanes) is 1. The van der Waals surface area contributed by atoms with Crippen LogP contribution in [0.25, 0.3) is 11.4 Å². The number of benzene rings is 2. The number of aliphatic hydroxyl groups excluding tert-OH is 1. The van der Waals surface area contributed by atoms with E-state index >= 15 is 0 Å². The maximum Gasteiger partial charge on any atom is 0.207 e. The molecule has 36 heavy (non-hydrogen) atoms. The standard InChI is InChI=1S/C27H27N7O2/c1-2-3-8-26-28-21(18-35)17-33(26)16-19-9-10-23(25(15-19)20-11-13-34(36)14-12-20)22-6-4-5-7-24(22)27-29-31-32-30-27/h4-7,9-15,17,35-36H,2-3,8,16,18H2,1H3. The number of hydrogen-bond acceptors (Lipinski definition) is 8. The molecule has 0 bridgehead atoms. The number of nitrogens with zero attached hydrogens (tertiary/aromatic N) is 7. The van der Waals surface area contributed by atoms with Gasteiger partial charge in [-0.1, -0.05) is 49.7 Å². The van der Waals surface area contributed by atoms with Gasteiger partial charge in [0.15, 0.2) is 0 Å². The number of aliphatic hydroxyl groups is 1. The second kappa shape index (κ2) is 10.6. The largest absolute Gasteiger partial charge is 0.390 e. The highest BCUT2D eigenvalue weighted by Crippen LogP contribution is 2.13. The van der Waals surface area contributed by atoms with Crippen LogP contribution in [0.1, 0.15) is 36.8 Å². The van der Waals surface area contributed by atoms with Crippen LogP contribution in [-0.4, -0.2) is 24.9 Å². The predicted octanol–water partition coefficient (Wildman–Crippen LogP) is 3.83. The fourth-order valence-electron chi connectivity index (χ4n) is 4.38. The fraction of sp³-hybridized carbons (Fsp3) is 0.222. The summed E-state index contributed by atoms with van der Waals surface area (Å²) in [7, 11) is 0. The average molecular weight is 482 g/mol. The third kappa shape index (κ3) is 4.93. The van der Waals surface area contributed by atoms with Gasteiger partial charge in [0.1, 0.15) is 5.82 Å². The Labute approximate surface area is 207 Å². The Kier molecular flexibility index (Phi) is 6.92. The second-order valence-corrected chi connectivity index (χ2v) is 8.63. The highest BCUT2D eigenvalue weighted by atomic mass is 16.5. The molecule has 0 amide bonds. The van der Waals surface area contributed by atoms with Crippen molar-refractivity contribution in [2.45, 2.75) is 39.3 Å². The van der Waals surface area contributed by atoms with Crippen LogP contribution >= 0.6 is 0 Å². The highest BCUT2D eigenvalue weighted by molar-refractivity contribution is 5.68. The lowest BCUT2D eigenvalue weighted by Gasteiger charge is -2.12. The lowest BCUT2D eigenvalue weighted by Crippen LogP contribution is -2.16. The van der Waals surface area contributed by atoms with Crippen LogP contribution in [-0.2, 0) is 19.6 Å². The molecule has 0 aliphatic carbocycles. The van der Waals surface area contributed by atoms with E-state index in [2.05, 4.69) is 55.3 Å². The molecular formula is C27H27N7O2. The monoisotopic (exact) mass is 481 g/mol. The summed E-state index contributed by atoms with van der Waals surface area (Å²) in [6, 6.07) is 14.3. The predicted molar refractivity (Wildman–Crippen MR) is 134 cm³/mol. The maximum absolute atomic E-state index is 9.79. The van der Waals surface area contributed by atoms with Crippen molar-refractivity contribution in [3.63, 3.8) is 0 Å². The Balaban J connectivity index is 1.74. The Bertz CT molecular complexity index is 1590. The summed E-state index contributed by atoms with van der Waals surface area (Å²) in [5.74, 6) is 1.45. The number of hydrogen-bond donors (Lipinski definition) is 2. The summed E-state index contributed by atoms with van der Waals surface area (Å²) in [5.41, 5.74) is 2.73. The SMILES string of the molecule is CCCCc1nc(CO)cn1Cc1ccc(=c2ccccc2=C2N=NN=N2)c(=C2C=CN(O)C=C2)c1. The smallest absolute Gasteiger partial charge is 0.207 e. The molecule has 2 N–H and O–H groups in total. The van der Waals surface area contributed by atoms with Gasteiger partial charge in [-0.05, 0) is 61.9 Å². The van der Waals surface area contributed by atoms with Crippen LogP contribution in [0, 0.1) is 10.4 Å². The van der Waals surface area contributed by atoms with E-state index in [4.69, 9.17) is 0 Å². The summed E-state index contributed by atoms with van der Waals surface area (Å²) in [4.78, 5) is 4.61. The zero-order chi connectivity index (χ0) is 24.9. The molecule has 182 valence electrons. The molecule has 0 atom stereocenters. The fourth-order valence-corrected chi connectivity index (χ4v) is 4.38. The molecule has 0 saturated carbocycles. The van der Waals surface area contributed by atoms with Crippen molar-refractivity contribution in [3.05, 3.63) is 111 Å². The maximum atomic E-state index is 9.79. The zero-order valence-electron chi connectivity index (χ0n) is 20.0. The molecule has 3 heterocycles. The number of rotatable bonds is 6.